The van der Waals surface area contributed by atoms with Crippen LogP contribution in [0.2, 0.25) is 5.02 Å². The first-order chi connectivity index (χ1) is 12.5. The van der Waals surface area contributed by atoms with Crippen molar-refractivity contribution in [3.63, 3.8) is 0 Å². The summed E-state index contributed by atoms with van der Waals surface area (Å²) < 4.78 is 1.92. The summed E-state index contributed by atoms with van der Waals surface area (Å²) in [6.45, 7) is 0.531. The number of hydrogen-bond donors (Lipinski definition) is 2. The van der Waals surface area contributed by atoms with Crippen LogP contribution >= 0.6 is 11.6 Å². The molecule has 0 unspecified atom stereocenters. The highest BCUT2D eigenvalue weighted by Gasteiger charge is 2.13. The van der Waals surface area contributed by atoms with Crippen LogP contribution in [0.4, 0.5) is 0 Å². The molecule has 7 heteroatoms. The molecular formula is C19H22ClN5O. The predicted octanol–water partition coefficient (Wildman–Crippen LogP) is 2.60. The van der Waals surface area contributed by atoms with E-state index in [1.165, 1.54) is 0 Å². The number of nitrogens with zero attached hydrogens (tertiary/aromatic N) is 3. The number of primary amides is 1. The minimum absolute atomic E-state index is 0.290. The fourth-order valence-corrected chi connectivity index (χ4v) is 3.36. The van der Waals surface area contributed by atoms with Crippen LogP contribution in [0.15, 0.2) is 30.7 Å². The number of pyridine rings is 1. The maximum atomic E-state index is 11.1. The third-order valence-corrected chi connectivity index (χ3v) is 4.78. The Balaban J connectivity index is 2.12. The summed E-state index contributed by atoms with van der Waals surface area (Å²) in [4.78, 5) is 20.0. The molecule has 6 nitrogen and oxygen atoms in total. The number of halogens is 1. The van der Waals surface area contributed by atoms with Crippen LogP contribution in [-0.4, -0.2) is 27.0 Å². The van der Waals surface area contributed by atoms with E-state index in [4.69, 9.17) is 28.1 Å². The van der Waals surface area contributed by atoms with Gasteiger partial charge < -0.3 is 16.0 Å². The predicted molar refractivity (Wildman–Crippen MR) is 104 cm³/mol. The first-order valence-corrected chi connectivity index (χ1v) is 8.94. The Morgan fingerprint density at radius 3 is 2.69 bits per heavy atom. The SMILES string of the molecule is Cn1cncc1-c1cc(CCCC(N)=O)c2cc(CCN)c(Cl)cc2n1. The van der Waals surface area contributed by atoms with Crippen molar-refractivity contribution in [1.29, 1.82) is 0 Å². The van der Waals surface area contributed by atoms with Gasteiger partial charge in [-0.3, -0.25) is 4.79 Å². The van der Waals surface area contributed by atoms with Gasteiger partial charge in [-0.15, -0.1) is 0 Å². The molecule has 0 saturated heterocycles. The van der Waals surface area contributed by atoms with E-state index in [0.29, 0.717) is 30.8 Å². The number of aromatic nitrogens is 3. The number of carbonyl (C=O) groups excluding carboxylic acids is 1. The number of imidazole rings is 1. The second kappa shape index (κ2) is 7.85. The number of amides is 1. The van der Waals surface area contributed by atoms with Crippen molar-refractivity contribution in [2.75, 3.05) is 6.54 Å². The molecule has 0 spiro atoms. The highest BCUT2D eigenvalue weighted by Crippen LogP contribution is 2.30. The maximum absolute atomic E-state index is 11.1. The Hall–Kier alpha value is -2.44. The Bertz CT molecular complexity index is 950. The molecule has 0 fully saturated rings. The molecule has 0 radical (unpaired) electrons. The number of nitrogens with two attached hydrogens (primary N) is 2. The van der Waals surface area contributed by atoms with Crippen molar-refractivity contribution < 1.29 is 4.79 Å². The molecule has 0 atom stereocenters. The van der Waals surface area contributed by atoms with Gasteiger partial charge >= 0.3 is 0 Å². The zero-order valence-electron chi connectivity index (χ0n) is 14.7. The second-order valence-electron chi connectivity index (χ2n) is 6.38. The molecular weight excluding hydrogens is 350 g/mol. The van der Waals surface area contributed by atoms with E-state index in [9.17, 15) is 4.79 Å². The lowest BCUT2D eigenvalue weighted by Crippen LogP contribution is -2.10. The smallest absolute Gasteiger partial charge is 0.217 e. The number of benzene rings is 1. The molecule has 1 amide bonds. The summed E-state index contributed by atoms with van der Waals surface area (Å²) in [5.41, 5.74) is 15.7. The van der Waals surface area contributed by atoms with Crippen LogP contribution in [0.3, 0.4) is 0 Å². The van der Waals surface area contributed by atoms with Crippen molar-refractivity contribution in [3.05, 3.63) is 46.9 Å². The molecule has 1 aromatic carbocycles. The summed E-state index contributed by atoms with van der Waals surface area (Å²) in [5.74, 6) is -0.290. The van der Waals surface area contributed by atoms with Crippen molar-refractivity contribution in [2.24, 2.45) is 18.5 Å². The van der Waals surface area contributed by atoms with Gasteiger partial charge in [0, 0.05) is 23.9 Å². The van der Waals surface area contributed by atoms with Gasteiger partial charge in [-0.05, 0) is 55.1 Å². The molecule has 3 rings (SSSR count). The quantitative estimate of drug-likeness (QED) is 0.666. The Morgan fingerprint density at radius 2 is 2.04 bits per heavy atom. The molecule has 0 aliphatic heterocycles. The topological polar surface area (TPSA) is 99.8 Å². The molecule has 2 heterocycles. The minimum Gasteiger partial charge on any atom is -0.370 e. The van der Waals surface area contributed by atoms with E-state index in [-0.39, 0.29) is 5.91 Å². The lowest BCUT2D eigenvalue weighted by atomic mass is 9.98. The first kappa shape index (κ1) is 18.4. The van der Waals surface area contributed by atoms with Crippen LogP contribution in [0, 0.1) is 0 Å². The fourth-order valence-electron chi connectivity index (χ4n) is 3.10. The van der Waals surface area contributed by atoms with Crippen LogP contribution in [0.1, 0.15) is 24.0 Å². The zero-order chi connectivity index (χ0) is 18.7. The highest BCUT2D eigenvalue weighted by molar-refractivity contribution is 6.32. The molecule has 0 aliphatic rings. The molecule has 0 saturated carbocycles. The maximum Gasteiger partial charge on any atom is 0.217 e. The van der Waals surface area contributed by atoms with Crippen LogP contribution in [0.25, 0.3) is 22.3 Å². The zero-order valence-corrected chi connectivity index (χ0v) is 15.5. The molecule has 0 aliphatic carbocycles. The van der Waals surface area contributed by atoms with Crippen molar-refractivity contribution >= 4 is 28.4 Å². The summed E-state index contributed by atoms with van der Waals surface area (Å²) in [6, 6.07) is 6.00. The number of rotatable bonds is 7. The number of carbonyl (C=O) groups is 1. The standard InChI is InChI=1S/C19H22ClN5O/c1-25-11-23-10-18(25)17-8-12(3-2-4-19(22)26)14-7-13(5-6-21)15(20)9-16(14)24-17/h7-11H,2-6,21H2,1H3,(H2,22,26). The third-order valence-electron chi connectivity index (χ3n) is 4.42. The normalized spacial score (nSPS) is 11.2. The molecule has 0 bridgehead atoms. The molecule has 2 aromatic heterocycles. The van der Waals surface area contributed by atoms with Crippen molar-refractivity contribution in [1.82, 2.24) is 14.5 Å². The van der Waals surface area contributed by atoms with E-state index in [1.807, 2.05) is 17.7 Å². The summed E-state index contributed by atoms with van der Waals surface area (Å²) in [5, 5.41) is 1.70. The summed E-state index contributed by atoms with van der Waals surface area (Å²) in [7, 11) is 1.93. The van der Waals surface area contributed by atoms with Gasteiger partial charge in [0.1, 0.15) is 0 Å². The highest BCUT2D eigenvalue weighted by atomic mass is 35.5. The number of fused-ring (bicyclic) bond motifs is 1. The van der Waals surface area contributed by atoms with Gasteiger partial charge in [-0.1, -0.05) is 11.6 Å². The summed E-state index contributed by atoms with van der Waals surface area (Å²) >= 11 is 6.41. The van der Waals surface area contributed by atoms with Gasteiger partial charge in [0.25, 0.3) is 0 Å². The molecule has 136 valence electrons. The third kappa shape index (κ3) is 3.86. The van der Waals surface area contributed by atoms with Crippen LogP contribution in [-0.2, 0) is 24.7 Å². The minimum atomic E-state index is -0.290. The average molecular weight is 372 g/mol. The van der Waals surface area contributed by atoms with Crippen LogP contribution in [0.5, 0.6) is 0 Å². The molecule has 26 heavy (non-hydrogen) atoms. The monoisotopic (exact) mass is 371 g/mol. The molecule has 3 aromatic rings. The van der Waals surface area contributed by atoms with Crippen molar-refractivity contribution in [2.45, 2.75) is 25.7 Å². The number of aryl methyl sites for hydroxylation is 2. The number of hydrogen-bond acceptors (Lipinski definition) is 4. The Labute approximate surface area is 157 Å². The lowest BCUT2D eigenvalue weighted by molar-refractivity contribution is -0.118. The van der Waals surface area contributed by atoms with E-state index in [2.05, 4.69) is 17.1 Å². The van der Waals surface area contributed by atoms with Crippen molar-refractivity contribution in [3.8, 4) is 11.4 Å². The van der Waals surface area contributed by atoms with E-state index in [0.717, 1.165) is 39.8 Å². The Kier molecular flexibility index (Phi) is 5.54. The Morgan fingerprint density at radius 1 is 1.23 bits per heavy atom. The van der Waals surface area contributed by atoms with E-state index >= 15 is 0 Å². The first-order valence-electron chi connectivity index (χ1n) is 8.56. The van der Waals surface area contributed by atoms with E-state index < -0.39 is 0 Å². The van der Waals surface area contributed by atoms with Gasteiger partial charge in [0.2, 0.25) is 5.91 Å². The largest absolute Gasteiger partial charge is 0.370 e. The van der Waals surface area contributed by atoms with E-state index in [1.54, 1.807) is 12.5 Å². The summed E-state index contributed by atoms with van der Waals surface area (Å²) in [6.07, 6.45) is 6.01. The van der Waals surface area contributed by atoms with Gasteiger partial charge in [0.05, 0.1) is 29.4 Å². The van der Waals surface area contributed by atoms with Gasteiger partial charge in [-0.25, -0.2) is 9.97 Å². The van der Waals surface area contributed by atoms with Gasteiger partial charge in [-0.2, -0.15) is 0 Å². The lowest BCUT2D eigenvalue weighted by Gasteiger charge is -2.12. The average Bonchev–Trinajstić information content (AvgIpc) is 3.01. The van der Waals surface area contributed by atoms with Gasteiger partial charge in [0.15, 0.2) is 0 Å². The van der Waals surface area contributed by atoms with Crippen LogP contribution < -0.4 is 11.5 Å². The second-order valence-corrected chi connectivity index (χ2v) is 6.78. The fraction of sp³-hybridized carbons (Fsp3) is 0.316. The molecule has 4 N–H and O–H groups in total.